The number of phenols is 1. The molecule has 0 aromatic heterocycles. The second kappa shape index (κ2) is 19.1. The maximum atomic E-state index is 13.3. The van der Waals surface area contributed by atoms with Gasteiger partial charge in [-0.1, -0.05) is 62.2 Å². The lowest BCUT2D eigenvalue weighted by atomic mass is 10.0. The smallest absolute Gasteiger partial charge is 0.243 e. The molecule has 3 atom stereocenters. The largest absolute Gasteiger partial charge is 0.508 e. The van der Waals surface area contributed by atoms with Crippen LogP contribution in [0.25, 0.3) is 0 Å². The zero-order chi connectivity index (χ0) is 34.1. The lowest BCUT2D eigenvalue weighted by Gasteiger charge is -2.24. The molecule has 0 aliphatic carbocycles. The van der Waals surface area contributed by atoms with Crippen molar-refractivity contribution in [2.24, 2.45) is 5.92 Å². The van der Waals surface area contributed by atoms with Crippen LogP contribution in [-0.2, 0) is 41.6 Å². The van der Waals surface area contributed by atoms with Crippen LogP contribution >= 0.6 is 0 Å². The number of hydrogen-bond acceptors (Lipinski definition) is 7. The zero-order valence-corrected chi connectivity index (χ0v) is 26.2. The first-order valence-electron chi connectivity index (χ1n) is 14.8. The predicted octanol–water partition coefficient (Wildman–Crippen LogP) is -0.320. The number of terminal acetylenes is 1. The van der Waals surface area contributed by atoms with Crippen molar-refractivity contribution in [2.45, 2.75) is 58.2 Å². The van der Waals surface area contributed by atoms with E-state index in [0.717, 1.165) is 5.56 Å². The number of rotatable bonds is 17. The maximum Gasteiger partial charge on any atom is 0.243 e. The number of carbonyl (C=O) groups excluding carboxylic acids is 6. The van der Waals surface area contributed by atoms with Gasteiger partial charge in [0.2, 0.25) is 35.4 Å². The molecule has 0 aliphatic heterocycles. The molecule has 0 heterocycles. The standard InChI is InChI=1S/C33H42N6O7/c1-5-15-34-31(44)26(16-21(2)3)39-33(46)28(17-23-9-7-6-8-10-23)38-30(43)20-35-29(42)19-36-32(45)27(37-22(4)40)18-24-11-13-25(41)14-12-24/h1,6-14,21,26-28,41H,15-20H2,2-4H3,(H,34,44)(H,35,42)(H,36,45)(H,37,40)(H,38,43)(H,39,46)/t26-,27-,28-/m0/s1. The van der Waals surface area contributed by atoms with Crippen LogP contribution in [0.3, 0.4) is 0 Å². The quantitative estimate of drug-likeness (QED) is 0.116. The molecule has 246 valence electrons. The predicted molar refractivity (Wildman–Crippen MR) is 171 cm³/mol. The molecule has 7 N–H and O–H groups in total. The molecule has 0 saturated carbocycles. The average Bonchev–Trinajstić information content (AvgIpc) is 3.01. The number of hydrogen-bond donors (Lipinski definition) is 7. The number of nitrogens with one attached hydrogen (secondary N) is 6. The molecule has 46 heavy (non-hydrogen) atoms. The molecule has 0 fully saturated rings. The molecular weight excluding hydrogens is 592 g/mol. The van der Waals surface area contributed by atoms with Gasteiger partial charge in [-0.15, -0.1) is 6.42 Å². The minimum absolute atomic E-state index is 0.0000557. The maximum absolute atomic E-state index is 13.3. The summed E-state index contributed by atoms with van der Waals surface area (Å²) in [6.07, 6.45) is 5.82. The normalized spacial score (nSPS) is 12.4. The van der Waals surface area contributed by atoms with Crippen molar-refractivity contribution in [3.8, 4) is 18.1 Å². The molecule has 13 nitrogen and oxygen atoms in total. The average molecular weight is 635 g/mol. The highest BCUT2D eigenvalue weighted by atomic mass is 16.3. The fourth-order valence-corrected chi connectivity index (χ4v) is 4.40. The second-order valence-corrected chi connectivity index (χ2v) is 11.0. The van der Waals surface area contributed by atoms with E-state index < -0.39 is 66.7 Å². The van der Waals surface area contributed by atoms with Gasteiger partial charge < -0.3 is 37.0 Å². The third-order valence-electron chi connectivity index (χ3n) is 6.58. The summed E-state index contributed by atoms with van der Waals surface area (Å²) >= 11 is 0. The Bertz CT molecular complexity index is 1390. The van der Waals surface area contributed by atoms with Crippen molar-refractivity contribution in [3.63, 3.8) is 0 Å². The Morgan fingerprint density at radius 2 is 1.26 bits per heavy atom. The highest BCUT2D eigenvalue weighted by molar-refractivity contribution is 5.94. The Labute approximate surface area is 268 Å². The van der Waals surface area contributed by atoms with Gasteiger partial charge >= 0.3 is 0 Å². The van der Waals surface area contributed by atoms with Gasteiger partial charge in [0, 0.05) is 19.8 Å². The van der Waals surface area contributed by atoms with E-state index in [9.17, 15) is 33.9 Å². The lowest BCUT2D eigenvalue weighted by Crippen LogP contribution is -2.56. The molecule has 0 unspecified atom stereocenters. The highest BCUT2D eigenvalue weighted by Crippen LogP contribution is 2.12. The molecule has 0 bridgehead atoms. The Hall–Kier alpha value is -5.38. The van der Waals surface area contributed by atoms with E-state index in [0.29, 0.717) is 12.0 Å². The van der Waals surface area contributed by atoms with Crippen molar-refractivity contribution in [1.29, 1.82) is 0 Å². The van der Waals surface area contributed by atoms with Gasteiger partial charge in [0.15, 0.2) is 0 Å². The van der Waals surface area contributed by atoms with Crippen LogP contribution in [0.4, 0.5) is 0 Å². The van der Waals surface area contributed by atoms with Crippen LogP contribution < -0.4 is 31.9 Å². The van der Waals surface area contributed by atoms with Crippen LogP contribution in [0.2, 0.25) is 0 Å². The Morgan fingerprint density at radius 1 is 0.696 bits per heavy atom. The van der Waals surface area contributed by atoms with Crippen molar-refractivity contribution in [2.75, 3.05) is 19.6 Å². The van der Waals surface area contributed by atoms with E-state index in [4.69, 9.17) is 6.42 Å². The summed E-state index contributed by atoms with van der Waals surface area (Å²) in [5.74, 6) is -1.00. The molecule has 2 rings (SSSR count). The summed E-state index contributed by atoms with van der Waals surface area (Å²) in [4.78, 5) is 75.6. The zero-order valence-electron chi connectivity index (χ0n) is 26.2. The molecule has 0 aliphatic rings. The highest BCUT2D eigenvalue weighted by Gasteiger charge is 2.28. The minimum atomic E-state index is -1.07. The SMILES string of the molecule is C#CCNC(=O)[C@H](CC(C)C)NC(=O)[C@H](Cc1ccccc1)NC(=O)CNC(=O)CNC(=O)[C@H](Cc1ccc(O)cc1)NC(C)=O. The first-order chi connectivity index (χ1) is 21.9. The second-order valence-electron chi connectivity index (χ2n) is 11.0. The van der Waals surface area contributed by atoms with Crippen LogP contribution in [0, 0.1) is 18.3 Å². The fraction of sp³-hybridized carbons (Fsp3) is 0.394. The van der Waals surface area contributed by atoms with E-state index in [1.165, 1.54) is 19.1 Å². The molecule has 13 heteroatoms. The molecule has 0 spiro atoms. The van der Waals surface area contributed by atoms with E-state index in [-0.39, 0.29) is 31.1 Å². The number of benzene rings is 2. The number of phenolic OH excluding ortho intramolecular Hbond substituents is 1. The number of amides is 6. The Balaban J connectivity index is 1.99. The van der Waals surface area contributed by atoms with E-state index in [2.05, 4.69) is 37.8 Å². The van der Waals surface area contributed by atoms with Crippen molar-refractivity contribution in [3.05, 3.63) is 65.7 Å². The summed E-state index contributed by atoms with van der Waals surface area (Å²) in [6, 6.07) is 12.1. The number of carbonyl (C=O) groups is 6. The Morgan fingerprint density at radius 3 is 1.85 bits per heavy atom. The molecule has 0 radical (unpaired) electrons. The first-order valence-corrected chi connectivity index (χ1v) is 14.8. The third kappa shape index (κ3) is 13.9. The van der Waals surface area contributed by atoms with E-state index in [1.54, 1.807) is 36.4 Å². The summed E-state index contributed by atoms with van der Waals surface area (Å²) in [7, 11) is 0. The summed E-state index contributed by atoms with van der Waals surface area (Å²) in [6.45, 7) is 4.09. The van der Waals surface area contributed by atoms with Crippen LogP contribution in [0.1, 0.15) is 38.3 Å². The van der Waals surface area contributed by atoms with Gasteiger partial charge in [-0.05, 0) is 35.6 Å². The summed E-state index contributed by atoms with van der Waals surface area (Å²) in [5, 5.41) is 24.7. The van der Waals surface area contributed by atoms with Gasteiger partial charge in [-0.25, -0.2) is 0 Å². The van der Waals surface area contributed by atoms with Gasteiger partial charge in [-0.2, -0.15) is 0 Å². The topological polar surface area (TPSA) is 195 Å². The van der Waals surface area contributed by atoms with Gasteiger partial charge in [0.05, 0.1) is 19.6 Å². The van der Waals surface area contributed by atoms with E-state index in [1.807, 2.05) is 19.9 Å². The fourth-order valence-electron chi connectivity index (χ4n) is 4.40. The first kappa shape index (κ1) is 36.8. The van der Waals surface area contributed by atoms with Gasteiger partial charge in [0.25, 0.3) is 0 Å². The third-order valence-corrected chi connectivity index (χ3v) is 6.58. The van der Waals surface area contributed by atoms with Crippen molar-refractivity contribution >= 4 is 35.4 Å². The molecular formula is C33H42N6O7. The van der Waals surface area contributed by atoms with Gasteiger partial charge in [0.1, 0.15) is 23.9 Å². The van der Waals surface area contributed by atoms with Crippen LogP contribution in [-0.4, -0.2) is 78.3 Å². The van der Waals surface area contributed by atoms with Gasteiger partial charge in [-0.3, -0.25) is 28.8 Å². The van der Waals surface area contributed by atoms with E-state index >= 15 is 0 Å². The molecule has 2 aromatic carbocycles. The molecule has 0 saturated heterocycles. The lowest BCUT2D eigenvalue weighted by molar-refractivity contribution is -0.132. The molecule has 2 aromatic rings. The minimum Gasteiger partial charge on any atom is -0.508 e. The number of aromatic hydroxyl groups is 1. The Kier molecular flexibility index (Phi) is 15.3. The van der Waals surface area contributed by atoms with Crippen LogP contribution in [0.15, 0.2) is 54.6 Å². The summed E-state index contributed by atoms with van der Waals surface area (Å²) in [5.41, 5.74) is 1.43. The summed E-state index contributed by atoms with van der Waals surface area (Å²) < 4.78 is 0. The monoisotopic (exact) mass is 634 g/mol. The van der Waals surface area contributed by atoms with Crippen molar-refractivity contribution < 1.29 is 33.9 Å². The van der Waals surface area contributed by atoms with Crippen LogP contribution in [0.5, 0.6) is 5.75 Å². The van der Waals surface area contributed by atoms with Crippen molar-refractivity contribution in [1.82, 2.24) is 31.9 Å². The molecule has 6 amide bonds.